The third kappa shape index (κ3) is 5.38. The van der Waals surface area contributed by atoms with E-state index in [4.69, 9.17) is 9.47 Å². The number of amides is 3. The van der Waals surface area contributed by atoms with E-state index in [1.165, 1.54) is 11.3 Å². The molecule has 0 aliphatic heterocycles. The van der Waals surface area contributed by atoms with Crippen LogP contribution < -0.4 is 15.4 Å². The summed E-state index contributed by atoms with van der Waals surface area (Å²) in [6.07, 6.45) is 3.04. The number of imide groups is 1. The fourth-order valence-electron chi connectivity index (χ4n) is 3.44. The van der Waals surface area contributed by atoms with Crippen LogP contribution in [0.4, 0.5) is 9.80 Å². The van der Waals surface area contributed by atoms with E-state index in [9.17, 15) is 14.4 Å². The molecule has 7 nitrogen and oxygen atoms in total. The fourth-order valence-corrected chi connectivity index (χ4v) is 4.75. The lowest BCUT2D eigenvalue weighted by molar-refractivity contribution is -0.115. The second-order valence-corrected chi connectivity index (χ2v) is 8.00. The van der Waals surface area contributed by atoms with Crippen LogP contribution in [-0.4, -0.2) is 31.1 Å². The highest BCUT2D eigenvalue weighted by molar-refractivity contribution is 7.17. The average molecular weight is 431 g/mol. The number of anilines is 1. The molecule has 3 amide bonds. The number of benzene rings is 1. The van der Waals surface area contributed by atoms with Crippen LogP contribution in [0.25, 0.3) is 0 Å². The molecule has 3 rings (SSSR count). The van der Waals surface area contributed by atoms with E-state index in [1.807, 2.05) is 31.2 Å². The van der Waals surface area contributed by atoms with E-state index in [0.29, 0.717) is 17.2 Å². The Labute approximate surface area is 179 Å². The molecule has 2 aromatic rings. The molecule has 0 spiro atoms. The summed E-state index contributed by atoms with van der Waals surface area (Å²) in [5.41, 5.74) is 2.14. The van der Waals surface area contributed by atoms with Gasteiger partial charge in [0.05, 0.1) is 25.2 Å². The van der Waals surface area contributed by atoms with Crippen molar-refractivity contribution in [2.45, 2.75) is 46.0 Å². The number of aryl methyl sites for hydroxylation is 1. The van der Waals surface area contributed by atoms with Gasteiger partial charge in [-0.2, -0.15) is 0 Å². The SMILES string of the molecule is CCOC(=O)NC(=O)c1c(NC(=O)Cc2ccc(OCC)cc2)sc2c1CCCC2. The van der Waals surface area contributed by atoms with E-state index in [0.717, 1.165) is 47.4 Å². The molecule has 2 N–H and O–H groups in total. The first-order valence-electron chi connectivity index (χ1n) is 10.2. The van der Waals surface area contributed by atoms with Crippen LogP contribution in [0.5, 0.6) is 5.75 Å². The van der Waals surface area contributed by atoms with E-state index in [-0.39, 0.29) is 18.9 Å². The zero-order valence-corrected chi connectivity index (χ0v) is 18.0. The maximum absolute atomic E-state index is 12.8. The van der Waals surface area contributed by atoms with Crippen molar-refractivity contribution >= 4 is 34.2 Å². The number of fused-ring (bicyclic) bond motifs is 1. The minimum atomic E-state index is -0.787. The predicted octanol–water partition coefficient (Wildman–Crippen LogP) is 4.09. The number of carbonyl (C=O) groups excluding carboxylic acids is 3. The van der Waals surface area contributed by atoms with E-state index < -0.39 is 12.0 Å². The lowest BCUT2D eigenvalue weighted by Crippen LogP contribution is -2.32. The Bertz CT molecular complexity index is 920. The number of carbonyl (C=O) groups is 3. The van der Waals surface area contributed by atoms with Crippen LogP contribution in [0.2, 0.25) is 0 Å². The number of thiophene rings is 1. The monoisotopic (exact) mass is 430 g/mol. The summed E-state index contributed by atoms with van der Waals surface area (Å²) in [5, 5.41) is 5.62. The van der Waals surface area contributed by atoms with Crippen molar-refractivity contribution in [2.75, 3.05) is 18.5 Å². The summed E-state index contributed by atoms with van der Waals surface area (Å²) >= 11 is 1.41. The summed E-state index contributed by atoms with van der Waals surface area (Å²) in [7, 11) is 0. The van der Waals surface area contributed by atoms with E-state index in [1.54, 1.807) is 6.92 Å². The largest absolute Gasteiger partial charge is 0.494 e. The van der Waals surface area contributed by atoms with Gasteiger partial charge in [-0.25, -0.2) is 4.79 Å². The molecule has 0 atom stereocenters. The standard InChI is InChI=1S/C22H26N2O5S/c1-3-28-15-11-9-14(10-12-15)13-18(25)23-21-19(20(26)24-22(27)29-4-2)16-7-5-6-8-17(16)30-21/h9-12H,3-8,13H2,1-2H3,(H,23,25)(H,24,26,27). The Balaban J connectivity index is 1.75. The van der Waals surface area contributed by atoms with Crippen molar-refractivity contribution in [3.63, 3.8) is 0 Å². The van der Waals surface area contributed by atoms with Crippen molar-refractivity contribution in [3.8, 4) is 5.75 Å². The van der Waals surface area contributed by atoms with Gasteiger partial charge >= 0.3 is 6.09 Å². The van der Waals surface area contributed by atoms with Crippen molar-refractivity contribution in [3.05, 3.63) is 45.8 Å². The molecule has 160 valence electrons. The highest BCUT2D eigenvalue weighted by Crippen LogP contribution is 2.38. The lowest BCUT2D eigenvalue weighted by Gasteiger charge is -2.13. The normalized spacial score (nSPS) is 12.6. The third-order valence-corrected chi connectivity index (χ3v) is 5.95. The summed E-state index contributed by atoms with van der Waals surface area (Å²) in [6.45, 7) is 4.34. The first-order chi connectivity index (χ1) is 14.5. The van der Waals surface area contributed by atoms with Gasteiger partial charge in [-0.1, -0.05) is 12.1 Å². The highest BCUT2D eigenvalue weighted by atomic mass is 32.1. The van der Waals surface area contributed by atoms with Crippen LogP contribution in [0.15, 0.2) is 24.3 Å². The maximum Gasteiger partial charge on any atom is 0.414 e. The van der Waals surface area contributed by atoms with Crippen LogP contribution in [0.3, 0.4) is 0 Å². The number of hydrogen-bond donors (Lipinski definition) is 2. The molecule has 0 radical (unpaired) electrons. The maximum atomic E-state index is 12.8. The van der Waals surface area contributed by atoms with Crippen molar-refractivity contribution < 1.29 is 23.9 Å². The van der Waals surface area contributed by atoms with Gasteiger partial charge in [-0.3, -0.25) is 14.9 Å². The minimum absolute atomic E-state index is 0.173. The highest BCUT2D eigenvalue weighted by Gasteiger charge is 2.27. The molecule has 30 heavy (non-hydrogen) atoms. The van der Waals surface area contributed by atoms with Crippen LogP contribution in [-0.2, 0) is 28.8 Å². The molecule has 1 aliphatic rings. The lowest BCUT2D eigenvalue weighted by atomic mass is 9.95. The number of alkyl carbamates (subject to hydrolysis) is 1. The van der Waals surface area contributed by atoms with Gasteiger partial charge in [0, 0.05) is 4.88 Å². The molecule has 8 heteroatoms. The molecule has 1 aromatic heterocycles. The summed E-state index contributed by atoms with van der Waals surface area (Å²) in [4.78, 5) is 38.2. The summed E-state index contributed by atoms with van der Waals surface area (Å²) in [5.74, 6) is -0.00216. The fraction of sp³-hybridized carbons (Fsp3) is 0.409. The van der Waals surface area contributed by atoms with Crippen LogP contribution in [0.1, 0.15) is 53.1 Å². The van der Waals surface area contributed by atoms with Gasteiger partial charge in [-0.15, -0.1) is 11.3 Å². The molecule has 1 aliphatic carbocycles. The minimum Gasteiger partial charge on any atom is -0.494 e. The van der Waals surface area contributed by atoms with E-state index >= 15 is 0 Å². The molecule has 0 saturated heterocycles. The van der Waals surface area contributed by atoms with Gasteiger partial charge in [0.15, 0.2) is 0 Å². The van der Waals surface area contributed by atoms with Crippen LogP contribution in [0, 0.1) is 0 Å². The van der Waals surface area contributed by atoms with Gasteiger partial charge in [0.1, 0.15) is 10.8 Å². The molecule has 1 heterocycles. The Kier molecular flexibility index (Phi) is 7.46. The van der Waals surface area contributed by atoms with Gasteiger partial charge < -0.3 is 14.8 Å². The smallest absolute Gasteiger partial charge is 0.414 e. The van der Waals surface area contributed by atoms with Crippen LogP contribution >= 0.6 is 11.3 Å². The van der Waals surface area contributed by atoms with Crippen molar-refractivity contribution in [1.29, 1.82) is 0 Å². The van der Waals surface area contributed by atoms with Crippen molar-refractivity contribution in [1.82, 2.24) is 5.32 Å². The quantitative estimate of drug-likeness (QED) is 0.690. The summed E-state index contributed by atoms with van der Waals surface area (Å²) in [6, 6.07) is 7.35. The molecular formula is C22H26N2O5S. The predicted molar refractivity (Wildman–Crippen MR) is 115 cm³/mol. The number of rotatable bonds is 7. The second-order valence-electron chi connectivity index (χ2n) is 6.89. The van der Waals surface area contributed by atoms with Crippen molar-refractivity contribution in [2.24, 2.45) is 0 Å². The average Bonchev–Trinajstić information content (AvgIpc) is 3.07. The van der Waals surface area contributed by atoms with Gasteiger partial charge in [-0.05, 0) is 62.8 Å². The molecule has 0 fully saturated rings. The molecule has 0 bridgehead atoms. The summed E-state index contributed by atoms with van der Waals surface area (Å²) < 4.78 is 10.2. The number of nitrogens with one attached hydrogen (secondary N) is 2. The Morgan fingerprint density at radius 3 is 2.47 bits per heavy atom. The third-order valence-electron chi connectivity index (χ3n) is 4.74. The molecular weight excluding hydrogens is 404 g/mol. The second kappa shape index (κ2) is 10.2. The Morgan fingerprint density at radius 2 is 1.77 bits per heavy atom. The number of ether oxygens (including phenoxy) is 2. The van der Waals surface area contributed by atoms with Gasteiger partial charge in [0.2, 0.25) is 5.91 Å². The zero-order valence-electron chi connectivity index (χ0n) is 17.2. The first kappa shape index (κ1) is 21.8. The van der Waals surface area contributed by atoms with Gasteiger partial charge in [0.25, 0.3) is 5.91 Å². The van der Waals surface area contributed by atoms with E-state index in [2.05, 4.69) is 10.6 Å². The first-order valence-corrected chi connectivity index (χ1v) is 11.0. The zero-order chi connectivity index (χ0) is 21.5. The Morgan fingerprint density at radius 1 is 1.03 bits per heavy atom. The number of hydrogen-bond acceptors (Lipinski definition) is 6. The molecule has 0 saturated carbocycles. The molecule has 0 unspecified atom stereocenters. The topological polar surface area (TPSA) is 93.7 Å². The Hall–Kier alpha value is -2.87. The molecule has 1 aromatic carbocycles.